The van der Waals surface area contributed by atoms with Gasteiger partial charge in [0.15, 0.2) is 0 Å². The van der Waals surface area contributed by atoms with E-state index in [1.165, 1.54) is 12.8 Å². The Hall–Kier alpha value is -0.120. The highest BCUT2D eigenvalue weighted by molar-refractivity contribution is 4.77. The fourth-order valence-corrected chi connectivity index (χ4v) is 1.89. The summed E-state index contributed by atoms with van der Waals surface area (Å²) in [6, 6.07) is 0.330. The van der Waals surface area contributed by atoms with Crippen molar-refractivity contribution in [1.82, 2.24) is 10.2 Å². The summed E-state index contributed by atoms with van der Waals surface area (Å²) in [4.78, 5) is 2.43. The van der Waals surface area contributed by atoms with Gasteiger partial charge in [-0.05, 0) is 38.4 Å². The minimum Gasteiger partial charge on any atom is -0.395 e. The Morgan fingerprint density at radius 2 is 2.29 bits per heavy atom. The first kappa shape index (κ1) is 12.0. The molecule has 0 amide bonds. The van der Waals surface area contributed by atoms with E-state index in [9.17, 15) is 5.11 Å². The van der Waals surface area contributed by atoms with E-state index in [-0.39, 0.29) is 6.61 Å². The lowest BCUT2D eigenvalue weighted by atomic mass is 10.1. The highest BCUT2D eigenvalue weighted by Crippen LogP contribution is 2.08. The third kappa shape index (κ3) is 3.95. The molecule has 84 valence electrons. The van der Waals surface area contributed by atoms with Crippen LogP contribution in [0, 0.1) is 5.92 Å². The molecule has 1 aliphatic rings. The third-order valence-corrected chi connectivity index (χ3v) is 2.90. The van der Waals surface area contributed by atoms with Gasteiger partial charge in [-0.3, -0.25) is 4.90 Å². The lowest BCUT2D eigenvalue weighted by molar-refractivity contribution is 0.127. The molecule has 0 saturated carbocycles. The Morgan fingerprint density at radius 1 is 1.50 bits per heavy atom. The summed E-state index contributed by atoms with van der Waals surface area (Å²) in [6.45, 7) is 9.08. The van der Waals surface area contributed by atoms with E-state index in [1.807, 2.05) is 0 Å². The molecule has 0 aromatic carbocycles. The SMILES string of the molecule is CC(C)CCN1CCCNCC1CO. The number of nitrogens with one attached hydrogen (secondary N) is 1. The van der Waals surface area contributed by atoms with Crippen molar-refractivity contribution >= 4 is 0 Å². The maximum atomic E-state index is 9.27. The van der Waals surface area contributed by atoms with Crippen LogP contribution in [-0.2, 0) is 0 Å². The Morgan fingerprint density at radius 3 is 2.93 bits per heavy atom. The number of aliphatic hydroxyl groups is 1. The Bertz CT molecular complexity index is 150. The van der Waals surface area contributed by atoms with E-state index in [0.29, 0.717) is 6.04 Å². The molecule has 2 N–H and O–H groups in total. The summed E-state index contributed by atoms with van der Waals surface area (Å²) >= 11 is 0. The average molecular weight is 200 g/mol. The van der Waals surface area contributed by atoms with Gasteiger partial charge in [-0.1, -0.05) is 13.8 Å². The van der Waals surface area contributed by atoms with Gasteiger partial charge in [0, 0.05) is 12.6 Å². The van der Waals surface area contributed by atoms with Crippen molar-refractivity contribution in [2.75, 3.05) is 32.8 Å². The lowest BCUT2D eigenvalue weighted by Gasteiger charge is -2.28. The summed E-state index contributed by atoms with van der Waals surface area (Å²) in [6.07, 6.45) is 2.44. The van der Waals surface area contributed by atoms with Gasteiger partial charge in [-0.15, -0.1) is 0 Å². The summed E-state index contributed by atoms with van der Waals surface area (Å²) in [7, 11) is 0. The van der Waals surface area contributed by atoms with Crippen LogP contribution in [0.4, 0.5) is 0 Å². The van der Waals surface area contributed by atoms with Crippen molar-refractivity contribution in [1.29, 1.82) is 0 Å². The van der Waals surface area contributed by atoms with E-state index in [1.54, 1.807) is 0 Å². The third-order valence-electron chi connectivity index (χ3n) is 2.90. The molecule has 14 heavy (non-hydrogen) atoms. The molecular weight excluding hydrogens is 176 g/mol. The van der Waals surface area contributed by atoms with E-state index >= 15 is 0 Å². The maximum Gasteiger partial charge on any atom is 0.0599 e. The second-order valence-electron chi connectivity index (χ2n) is 4.61. The average Bonchev–Trinajstić information content (AvgIpc) is 2.38. The quantitative estimate of drug-likeness (QED) is 0.701. The molecule has 1 rings (SSSR count). The second kappa shape index (κ2) is 6.38. The van der Waals surface area contributed by atoms with Gasteiger partial charge in [0.05, 0.1) is 6.61 Å². The molecule has 1 heterocycles. The number of aliphatic hydroxyl groups excluding tert-OH is 1. The Kier molecular flexibility index (Phi) is 5.45. The van der Waals surface area contributed by atoms with Gasteiger partial charge in [-0.25, -0.2) is 0 Å². The number of nitrogens with zero attached hydrogens (tertiary/aromatic N) is 1. The summed E-state index contributed by atoms with van der Waals surface area (Å²) in [5.41, 5.74) is 0. The molecule has 1 unspecified atom stereocenters. The molecule has 0 spiro atoms. The predicted octanol–water partition coefficient (Wildman–Crippen LogP) is 0.689. The molecule has 3 nitrogen and oxygen atoms in total. The first-order valence-electron chi connectivity index (χ1n) is 5.79. The highest BCUT2D eigenvalue weighted by Gasteiger charge is 2.19. The van der Waals surface area contributed by atoms with E-state index in [4.69, 9.17) is 0 Å². The van der Waals surface area contributed by atoms with Crippen LogP contribution in [0.15, 0.2) is 0 Å². The van der Waals surface area contributed by atoms with E-state index < -0.39 is 0 Å². The van der Waals surface area contributed by atoms with Crippen LogP contribution < -0.4 is 5.32 Å². The Labute approximate surface area is 87.5 Å². The first-order chi connectivity index (χ1) is 6.74. The zero-order chi connectivity index (χ0) is 10.4. The zero-order valence-electron chi connectivity index (χ0n) is 9.50. The van der Waals surface area contributed by atoms with Crippen molar-refractivity contribution in [2.45, 2.75) is 32.7 Å². The van der Waals surface area contributed by atoms with Gasteiger partial charge in [0.25, 0.3) is 0 Å². The molecule has 0 bridgehead atoms. The van der Waals surface area contributed by atoms with E-state index in [0.717, 1.165) is 32.1 Å². The van der Waals surface area contributed by atoms with Gasteiger partial charge >= 0.3 is 0 Å². The minimum absolute atomic E-state index is 0.283. The lowest BCUT2D eigenvalue weighted by Crippen LogP contribution is -2.43. The number of hydrogen-bond donors (Lipinski definition) is 2. The predicted molar refractivity (Wildman–Crippen MR) is 59.4 cm³/mol. The van der Waals surface area contributed by atoms with Crippen LogP contribution in [0.2, 0.25) is 0 Å². The van der Waals surface area contributed by atoms with E-state index in [2.05, 4.69) is 24.1 Å². The second-order valence-corrected chi connectivity index (χ2v) is 4.61. The molecule has 0 aliphatic carbocycles. The van der Waals surface area contributed by atoms with Gasteiger partial charge in [0.2, 0.25) is 0 Å². The monoisotopic (exact) mass is 200 g/mol. The maximum absolute atomic E-state index is 9.27. The molecule has 1 aliphatic heterocycles. The molecule has 0 aromatic heterocycles. The summed E-state index contributed by atoms with van der Waals surface area (Å²) < 4.78 is 0. The zero-order valence-corrected chi connectivity index (χ0v) is 9.50. The normalized spacial score (nSPS) is 25.3. The van der Waals surface area contributed by atoms with Crippen molar-refractivity contribution in [2.24, 2.45) is 5.92 Å². The molecule has 3 heteroatoms. The van der Waals surface area contributed by atoms with Gasteiger partial charge in [0.1, 0.15) is 0 Å². The smallest absolute Gasteiger partial charge is 0.0599 e. The van der Waals surface area contributed by atoms with Crippen LogP contribution >= 0.6 is 0 Å². The molecule has 1 fully saturated rings. The minimum atomic E-state index is 0.283. The molecule has 0 radical (unpaired) electrons. The fraction of sp³-hybridized carbons (Fsp3) is 1.00. The number of hydrogen-bond acceptors (Lipinski definition) is 3. The standard InChI is InChI=1S/C11H24N2O/c1-10(2)4-7-13-6-3-5-12-8-11(13)9-14/h10-12,14H,3-9H2,1-2H3. The van der Waals surface area contributed by atoms with Crippen molar-refractivity contribution in [3.63, 3.8) is 0 Å². The van der Waals surface area contributed by atoms with Crippen LogP contribution in [0.25, 0.3) is 0 Å². The fourth-order valence-electron chi connectivity index (χ4n) is 1.89. The van der Waals surface area contributed by atoms with Gasteiger partial charge < -0.3 is 10.4 Å². The van der Waals surface area contributed by atoms with Crippen LogP contribution in [-0.4, -0.2) is 48.8 Å². The molecule has 1 atom stereocenters. The van der Waals surface area contributed by atoms with Crippen molar-refractivity contribution < 1.29 is 5.11 Å². The molecule has 0 aromatic rings. The highest BCUT2D eigenvalue weighted by atomic mass is 16.3. The van der Waals surface area contributed by atoms with Crippen molar-refractivity contribution in [3.05, 3.63) is 0 Å². The van der Waals surface area contributed by atoms with Crippen LogP contribution in [0.5, 0.6) is 0 Å². The Balaban J connectivity index is 2.36. The number of rotatable bonds is 4. The summed E-state index contributed by atoms with van der Waals surface area (Å²) in [5.74, 6) is 0.755. The summed E-state index contributed by atoms with van der Waals surface area (Å²) in [5, 5.41) is 12.6. The van der Waals surface area contributed by atoms with Crippen molar-refractivity contribution in [3.8, 4) is 0 Å². The van der Waals surface area contributed by atoms with Crippen LogP contribution in [0.1, 0.15) is 26.7 Å². The van der Waals surface area contributed by atoms with Gasteiger partial charge in [-0.2, -0.15) is 0 Å². The largest absolute Gasteiger partial charge is 0.395 e. The van der Waals surface area contributed by atoms with Crippen LogP contribution in [0.3, 0.4) is 0 Å². The first-order valence-corrected chi connectivity index (χ1v) is 5.79. The topological polar surface area (TPSA) is 35.5 Å². The molecular formula is C11H24N2O. The molecule has 1 saturated heterocycles.